The quantitative estimate of drug-likeness (QED) is 0.408. The summed E-state index contributed by atoms with van der Waals surface area (Å²) < 4.78 is 39.3. The van der Waals surface area contributed by atoms with Crippen LogP contribution < -0.4 is 20.6 Å². The first-order chi connectivity index (χ1) is 15.7. The van der Waals surface area contributed by atoms with Crippen LogP contribution in [0, 0.1) is 5.92 Å². The first kappa shape index (κ1) is 24.5. The number of carbonyl (C=O) groups is 1. The van der Waals surface area contributed by atoms with Crippen LogP contribution in [0.15, 0.2) is 43.4 Å². The van der Waals surface area contributed by atoms with E-state index in [1.54, 1.807) is 17.4 Å². The van der Waals surface area contributed by atoms with E-state index in [-0.39, 0.29) is 5.56 Å². The molecule has 8 nitrogen and oxygen atoms in total. The fraction of sp³-hybridized carbons (Fsp3) is 0.409. The number of anilines is 2. The fourth-order valence-electron chi connectivity index (χ4n) is 3.73. The highest BCUT2D eigenvalue weighted by molar-refractivity contribution is 5.92. The van der Waals surface area contributed by atoms with Crippen LogP contribution >= 0.6 is 0 Å². The number of hydrogen-bond acceptors (Lipinski definition) is 7. The van der Waals surface area contributed by atoms with Gasteiger partial charge in [-0.05, 0) is 49.2 Å². The largest absolute Gasteiger partial charge is 0.416 e. The molecule has 11 heteroatoms. The lowest BCUT2D eigenvalue weighted by molar-refractivity contribution is -0.137. The molecule has 0 spiro atoms. The second-order valence-corrected chi connectivity index (χ2v) is 7.91. The molecule has 3 N–H and O–H groups in total. The number of aromatic nitrogens is 2. The molecular weight excluding hydrogens is 437 g/mol. The average Bonchev–Trinajstić information content (AvgIpc) is 2.83. The second-order valence-electron chi connectivity index (χ2n) is 7.91. The Bertz CT molecular complexity index is 960. The molecule has 0 saturated carbocycles. The van der Waals surface area contributed by atoms with Crippen LogP contribution in [0.1, 0.15) is 34.3 Å². The van der Waals surface area contributed by atoms with Crippen LogP contribution in [0.4, 0.5) is 24.8 Å². The van der Waals surface area contributed by atoms with Gasteiger partial charge in [0, 0.05) is 44.8 Å². The smallest absolute Gasteiger partial charge is 0.351 e. The summed E-state index contributed by atoms with van der Waals surface area (Å²) in [5.74, 6) is 0.273. The zero-order chi connectivity index (χ0) is 24.0. The molecule has 3 rings (SSSR count). The monoisotopic (exact) mass is 464 g/mol. The lowest BCUT2D eigenvalue weighted by Gasteiger charge is -2.32. The van der Waals surface area contributed by atoms with Crippen molar-refractivity contribution in [3.8, 4) is 0 Å². The zero-order valence-electron chi connectivity index (χ0n) is 18.3. The van der Waals surface area contributed by atoms with Gasteiger partial charge in [-0.3, -0.25) is 10.0 Å². The van der Waals surface area contributed by atoms with Gasteiger partial charge in [0.1, 0.15) is 0 Å². The Morgan fingerprint density at radius 1 is 1.30 bits per heavy atom. The molecular formula is C22H27F3N6O2. The highest BCUT2D eigenvalue weighted by Crippen LogP contribution is 2.33. The number of nitrogens with zero attached hydrogens (tertiary/aromatic N) is 4. The molecule has 0 atom stereocenters. The lowest BCUT2D eigenvalue weighted by Crippen LogP contribution is -2.38. The minimum atomic E-state index is -4.40. The Morgan fingerprint density at radius 2 is 1.97 bits per heavy atom. The normalized spacial score (nSPS) is 14.8. The number of hydrogen-bond donors (Lipinski definition) is 3. The van der Waals surface area contributed by atoms with Crippen molar-refractivity contribution in [1.29, 1.82) is 0 Å². The number of hydroxylamine groups is 1. The number of carbonyl (C=O) groups excluding carboxylic acids is 1. The van der Waals surface area contributed by atoms with Gasteiger partial charge in [-0.25, -0.2) is 15.4 Å². The highest BCUT2D eigenvalue weighted by Gasteiger charge is 2.31. The van der Waals surface area contributed by atoms with E-state index in [4.69, 9.17) is 5.21 Å². The number of benzene rings is 1. The summed E-state index contributed by atoms with van der Waals surface area (Å²) in [6.45, 7) is 6.34. The highest BCUT2D eigenvalue weighted by atomic mass is 19.4. The summed E-state index contributed by atoms with van der Waals surface area (Å²) in [5.41, 5.74) is 2.27. The predicted octanol–water partition coefficient (Wildman–Crippen LogP) is 3.20. The van der Waals surface area contributed by atoms with Gasteiger partial charge in [0.25, 0.3) is 5.91 Å². The van der Waals surface area contributed by atoms with Crippen molar-refractivity contribution < 1.29 is 23.2 Å². The van der Waals surface area contributed by atoms with Crippen LogP contribution in [0.5, 0.6) is 0 Å². The third kappa shape index (κ3) is 6.20. The molecule has 0 unspecified atom stereocenters. The van der Waals surface area contributed by atoms with Crippen molar-refractivity contribution in [2.45, 2.75) is 25.6 Å². The van der Waals surface area contributed by atoms with Gasteiger partial charge in [0.2, 0.25) is 5.95 Å². The Balaban J connectivity index is 1.52. The van der Waals surface area contributed by atoms with Crippen molar-refractivity contribution in [3.63, 3.8) is 0 Å². The number of amides is 1. The van der Waals surface area contributed by atoms with E-state index in [1.165, 1.54) is 24.7 Å². The van der Waals surface area contributed by atoms with E-state index in [1.807, 2.05) is 4.90 Å². The fourth-order valence-corrected chi connectivity index (χ4v) is 3.73. The number of nitrogens with one attached hydrogen (secondary N) is 2. The first-order valence-electron chi connectivity index (χ1n) is 10.5. The van der Waals surface area contributed by atoms with Crippen LogP contribution in [0.2, 0.25) is 0 Å². The molecule has 0 bridgehead atoms. The Morgan fingerprint density at radius 3 is 2.55 bits per heavy atom. The first-order valence-corrected chi connectivity index (χ1v) is 10.5. The van der Waals surface area contributed by atoms with Crippen LogP contribution in [-0.2, 0) is 12.7 Å². The number of halogens is 3. The van der Waals surface area contributed by atoms with Crippen molar-refractivity contribution in [2.75, 3.05) is 36.5 Å². The second kappa shape index (κ2) is 10.6. The van der Waals surface area contributed by atoms with Crippen molar-refractivity contribution in [2.24, 2.45) is 5.92 Å². The van der Waals surface area contributed by atoms with Gasteiger partial charge >= 0.3 is 6.18 Å². The minimum absolute atomic E-state index is 0.171. The maximum atomic E-state index is 13.1. The predicted molar refractivity (Wildman–Crippen MR) is 118 cm³/mol. The molecule has 0 aliphatic carbocycles. The summed E-state index contributed by atoms with van der Waals surface area (Å²) >= 11 is 0. The summed E-state index contributed by atoms with van der Waals surface area (Å²) in [6.07, 6.45) is 1.63. The Kier molecular flexibility index (Phi) is 7.88. The van der Waals surface area contributed by atoms with Gasteiger partial charge in [-0.1, -0.05) is 12.6 Å². The standard InChI is InChI=1S/C22H27F3N6O2/c1-3-30(2)19-10-18(22(23,24)25)5-4-16(19)12-26-11-15-6-8-31(9-7-15)21-27-13-17(14-28-21)20(32)29-33/h3-5,10,13-15,26,33H,1,6-9,11-12H2,2H3,(H,29,32). The number of alkyl halides is 3. The minimum Gasteiger partial charge on any atom is -0.351 e. The number of rotatable bonds is 8. The van der Waals surface area contributed by atoms with Gasteiger partial charge in [-0.15, -0.1) is 0 Å². The van der Waals surface area contributed by atoms with Crippen LogP contribution in [0.3, 0.4) is 0 Å². The van der Waals surface area contributed by atoms with Crippen LogP contribution in [-0.4, -0.2) is 47.8 Å². The molecule has 1 saturated heterocycles. The van der Waals surface area contributed by atoms with E-state index < -0.39 is 17.6 Å². The van der Waals surface area contributed by atoms with Crippen molar-refractivity contribution >= 4 is 17.5 Å². The van der Waals surface area contributed by atoms with E-state index in [9.17, 15) is 18.0 Å². The summed E-state index contributed by atoms with van der Waals surface area (Å²) in [6, 6.07) is 3.75. The molecule has 1 aliphatic rings. The maximum Gasteiger partial charge on any atom is 0.416 e. The van der Waals surface area contributed by atoms with E-state index in [0.717, 1.165) is 50.2 Å². The molecule has 1 amide bonds. The topological polar surface area (TPSA) is 93.6 Å². The molecule has 2 heterocycles. The lowest BCUT2D eigenvalue weighted by atomic mass is 9.97. The molecule has 2 aromatic rings. The molecule has 1 fully saturated rings. The molecule has 1 aromatic carbocycles. The third-order valence-electron chi connectivity index (χ3n) is 5.71. The van der Waals surface area contributed by atoms with Crippen molar-refractivity contribution in [1.82, 2.24) is 20.8 Å². The summed E-state index contributed by atoms with van der Waals surface area (Å²) in [7, 11) is 1.67. The molecule has 178 valence electrons. The van der Waals surface area contributed by atoms with Gasteiger partial charge in [-0.2, -0.15) is 13.2 Å². The molecule has 33 heavy (non-hydrogen) atoms. The average molecular weight is 464 g/mol. The van der Waals surface area contributed by atoms with Gasteiger partial charge in [0.05, 0.1) is 11.1 Å². The molecule has 1 aromatic heterocycles. The Labute approximate surface area is 190 Å². The van der Waals surface area contributed by atoms with Gasteiger partial charge < -0.3 is 15.1 Å². The Hall–Kier alpha value is -3.18. The van der Waals surface area contributed by atoms with Crippen LogP contribution in [0.25, 0.3) is 0 Å². The van der Waals surface area contributed by atoms with Crippen molar-refractivity contribution in [3.05, 3.63) is 60.1 Å². The van der Waals surface area contributed by atoms with Gasteiger partial charge in [0.15, 0.2) is 0 Å². The van der Waals surface area contributed by atoms with E-state index in [0.29, 0.717) is 24.1 Å². The summed E-state index contributed by atoms with van der Waals surface area (Å²) in [4.78, 5) is 23.4. The zero-order valence-corrected chi connectivity index (χ0v) is 18.3. The summed E-state index contributed by atoms with van der Waals surface area (Å²) in [5, 5.41) is 12.0. The van der Waals surface area contributed by atoms with E-state index in [2.05, 4.69) is 21.9 Å². The molecule has 0 radical (unpaired) electrons. The number of piperidine rings is 1. The van der Waals surface area contributed by atoms with E-state index >= 15 is 0 Å². The maximum absolute atomic E-state index is 13.1. The molecule has 1 aliphatic heterocycles. The SMILES string of the molecule is C=CN(C)c1cc(C(F)(F)F)ccc1CNCC1CCN(c2ncc(C(=O)NO)cn2)CC1. The third-order valence-corrected chi connectivity index (χ3v) is 5.71.